The van der Waals surface area contributed by atoms with Crippen molar-refractivity contribution in [3.8, 4) is 0 Å². The highest BCUT2D eigenvalue weighted by Crippen LogP contribution is 2.03. The highest BCUT2D eigenvalue weighted by Gasteiger charge is 1.95. The lowest BCUT2D eigenvalue weighted by Gasteiger charge is -2.10. The molecule has 0 saturated heterocycles. The van der Waals surface area contributed by atoms with Crippen LogP contribution in [-0.4, -0.2) is 32.1 Å². The Morgan fingerprint density at radius 1 is 1.27 bits per heavy atom. The Kier molecular flexibility index (Phi) is 5.32. The molecular formula is C12H21N3. The lowest BCUT2D eigenvalue weighted by molar-refractivity contribution is 0.400. The van der Waals surface area contributed by atoms with Crippen LogP contribution in [0.5, 0.6) is 0 Å². The van der Waals surface area contributed by atoms with E-state index in [-0.39, 0.29) is 0 Å². The number of nitrogens with one attached hydrogen (secondary N) is 1. The Morgan fingerprint density at radius 2 is 2.00 bits per heavy atom. The van der Waals surface area contributed by atoms with Crippen molar-refractivity contribution in [3.05, 3.63) is 35.4 Å². The second-order valence-corrected chi connectivity index (χ2v) is 4.00. The SMILES string of the molecule is CN(C)CCNCc1cccc(CN)c1. The van der Waals surface area contributed by atoms with E-state index in [0.29, 0.717) is 6.54 Å². The Bertz CT molecular complexity index is 284. The molecule has 3 N–H and O–H groups in total. The molecule has 15 heavy (non-hydrogen) atoms. The highest BCUT2D eigenvalue weighted by atomic mass is 15.1. The summed E-state index contributed by atoms with van der Waals surface area (Å²) < 4.78 is 0. The summed E-state index contributed by atoms with van der Waals surface area (Å²) in [5.41, 5.74) is 8.08. The van der Waals surface area contributed by atoms with Crippen molar-refractivity contribution in [1.82, 2.24) is 10.2 Å². The van der Waals surface area contributed by atoms with Gasteiger partial charge in [0.1, 0.15) is 0 Å². The van der Waals surface area contributed by atoms with Gasteiger partial charge in [-0.05, 0) is 25.2 Å². The molecule has 0 aliphatic carbocycles. The quantitative estimate of drug-likeness (QED) is 0.678. The number of likely N-dealkylation sites (N-methyl/N-ethyl adjacent to an activating group) is 1. The van der Waals surface area contributed by atoms with Crippen LogP contribution in [0.25, 0.3) is 0 Å². The molecule has 0 atom stereocenters. The fourth-order valence-corrected chi connectivity index (χ4v) is 1.40. The first-order valence-electron chi connectivity index (χ1n) is 5.35. The first kappa shape index (κ1) is 12.2. The second-order valence-electron chi connectivity index (χ2n) is 4.00. The van der Waals surface area contributed by atoms with Crippen molar-refractivity contribution < 1.29 is 0 Å². The average Bonchev–Trinajstić information content (AvgIpc) is 2.24. The van der Waals surface area contributed by atoms with Gasteiger partial charge in [-0.3, -0.25) is 0 Å². The third-order valence-electron chi connectivity index (χ3n) is 2.29. The van der Waals surface area contributed by atoms with Crippen LogP contribution >= 0.6 is 0 Å². The lowest BCUT2D eigenvalue weighted by Crippen LogP contribution is -2.26. The monoisotopic (exact) mass is 207 g/mol. The van der Waals surface area contributed by atoms with Crippen molar-refractivity contribution in [3.63, 3.8) is 0 Å². The molecule has 0 bridgehead atoms. The summed E-state index contributed by atoms with van der Waals surface area (Å²) in [6.07, 6.45) is 0. The minimum Gasteiger partial charge on any atom is -0.326 e. The maximum absolute atomic E-state index is 5.59. The van der Waals surface area contributed by atoms with Gasteiger partial charge in [0.05, 0.1) is 0 Å². The van der Waals surface area contributed by atoms with E-state index in [2.05, 4.69) is 48.6 Å². The zero-order chi connectivity index (χ0) is 11.1. The van der Waals surface area contributed by atoms with Gasteiger partial charge in [-0.2, -0.15) is 0 Å². The molecule has 3 nitrogen and oxygen atoms in total. The smallest absolute Gasteiger partial charge is 0.0206 e. The van der Waals surface area contributed by atoms with E-state index in [1.165, 1.54) is 11.1 Å². The molecule has 0 aliphatic rings. The largest absolute Gasteiger partial charge is 0.326 e. The van der Waals surface area contributed by atoms with Crippen LogP contribution in [0.2, 0.25) is 0 Å². The van der Waals surface area contributed by atoms with Gasteiger partial charge in [0.15, 0.2) is 0 Å². The molecule has 0 fully saturated rings. The molecule has 1 aromatic rings. The minimum atomic E-state index is 0.617. The standard InChI is InChI=1S/C12H21N3/c1-15(2)7-6-14-10-12-5-3-4-11(8-12)9-13/h3-5,8,14H,6-7,9-10,13H2,1-2H3. The Labute approximate surface area is 92.3 Å². The van der Waals surface area contributed by atoms with Crippen LogP contribution in [0.1, 0.15) is 11.1 Å². The molecule has 0 aromatic heterocycles. The van der Waals surface area contributed by atoms with Gasteiger partial charge >= 0.3 is 0 Å². The number of hydrogen-bond acceptors (Lipinski definition) is 3. The van der Waals surface area contributed by atoms with Gasteiger partial charge in [-0.1, -0.05) is 24.3 Å². The van der Waals surface area contributed by atoms with E-state index in [1.807, 2.05) is 0 Å². The summed E-state index contributed by atoms with van der Waals surface area (Å²) in [6, 6.07) is 8.40. The van der Waals surface area contributed by atoms with Crippen molar-refractivity contribution >= 4 is 0 Å². The first-order chi connectivity index (χ1) is 7.22. The molecule has 0 aliphatic heterocycles. The Hall–Kier alpha value is -0.900. The van der Waals surface area contributed by atoms with Crippen LogP contribution in [0.15, 0.2) is 24.3 Å². The van der Waals surface area contributed by atoms with E-state index >= 15 is 0 Å². The second kappa shape index (κ2) is 6.56. The number of nitrogens with two attached hydrogens (primary N) is 1. The molecule has 3 heteroatoms. The molecule has 0 amide bonds. The third kappa shape index (κ3) is 4.93. The van der Waals surface area contributed by atoms with E-state index in [1.54, 1.807) is 0 Å². The maximum Gasteiger partial charge on any atom is 0.0206 e. The van der Waals surface area contributed by atoms with Gasteiger partial charge in [0.2, 0.25) is 0 Å². The number of hydrogen-bond donors (Lipinski definition) is 2. The summed E-state index contributed by atoms with van der Waals surface area (Å²) in [7, 11) is 4.16. The predicted molar refractivity (Wildman–Crippen MR) is 64.6 cm³/mol. The van der Waals surface area contributed by atoms with Crippen LogP contribution in [0, 0.1) is 0 Å². The molecule has 84 valence electrons. The molecule has 0 heterocycles. The Morgan fingerprint density at radius 3 is 2.67 bits per heavy atom. The number of rotatable bonds is 6. The molecule has 0 spiro atoms. The summed E-state index contributed by atoms with van der Waals surface area (Å²) in [5.74, 6) is 0. The van der Waals surface area contributed by atoms with E-state index in [4.69, 9.17) is 5.73 Å². The Balaban J connectivity index is 2.30. The van der Waals surface area contributed by atoms with Gasteiger partial charge in [0.25, 0.3) is 0 Å². The molecule has 0 saturated carbocycles. The van der Waals surface area contributed by atoms with E-state index < -0.39 is 0 Å². The summed E-state index contributed by atoms with van der Waals surface area (Å²) in [6.45, 7) is 3.61. The third-order valence-corrected chi connectivity index (χ3v) is 2.29. The van der Waals surface area contributed by atoms with Crippen LogP contribution in [0.3, 0.4) is 0 Å². The van der Waals surface area contributed by atoms with Gasteiger partial charge in [0, 0.05) is 26.2 Å². The van der Waals surface area contributed by atoms with Crippen LogP contribution < -0.4 is 11.1 Å². The average molecular weight is 207 g/mol. The lowest BCUT2D eigenvalue weighted by atomic mass is 10.1. The molecule has 1 aromatic carbocycles. The number of nitrogens with zero attached hydrogens (tertiary/aromatic N) is 1. The molecule has 1 rings (SSSR count). The molecule has 0 radical (unpaired) electrons. The van der Waals surface area contributed by atoms with Crippen molar-refractivity contribution in [2.75, 3.05) is 27.2 Å². The zero-order valence-electron chi connectivity index (χ0n) is 9.66. The highest BCUT2D eigenvalue weighted by molar-refractivity contribution is 5.23. The zero-order valence-corrected chi connectivity index (χ0v) is 9.66. The topological polar surface area (TPSA) is 41.3 Å². The van der Waals surface area contributed by atoms with E-state index in [9.17, 15) is 0 Å². The summed E-state index contributed by atoms with van der Waals surface area (Å²) in [5, 5.41) is 3.40. The van der Waals surface area contributed by atoms with Gasteiger partial charge in [-0.25, -0.2) is 0 Å². The molecule has 0 unspecified atom stereocenters. The van der Waals surface area contributed by atoms with Crippen molar-refractivity contribution in [2.45, 2.75) is 13.1 Å². The van der Waals surface area contributed by atoms with Crippen LogP contribution in [0.4, 0.5) is 0 Å². The van der Waals surface area contributed by atoms with Crippen molar-refractivity contribution in [2.24, 2.45) is 5.73 Å². The predicted octanol–water partition coefficient (Wildman–Crippen LogP) is 0.796. The number of benzene rings is 1. The fraction of sp³-hybridized carbons (Fsp3) is 0.500. The van der Waals surface area contributed by atoms with Gasteiger partial charge < -0.3 is 16.0 Å². The summed E-state index contributed by atoms with van der Waals surface area (Å²) >= 11 is 0. The normalized spacial score (nSPS) is 10.9. The first-order valence-corrected chi connectivity index (χ1v) is 5.35. The fourth-order valence-electron chi connectivity index (χ4n) is 1.40. The van der Waals surface area contributed by atoms with Crippen molar-refractivity contribution in [1.29, 1.82) is 0 Å². The minimum absolute atomic E-state index is 0.617. The summed E-state index contributed by atoms with van der Waals surface area (Å²) in [4.78, 5) is 2.17. The maximum atomic E-state index is 5.59. The van der Waals surface area contributed by atoms with E-state index in [0.717, 1.165) is 19.6 Å². The van der Waals surface area contributed by atoms with Gasteiger partial charge in [-0.15, -0.1) is 0 Å². The van der Waals surface area contributed by atoms with Crippen LogP contribution in [-0.2, 0) is 13.1 Å². The molecular weight excluding hydrogens is 186 g/mol.